The number of aromatic nitrogens is 2. The highest BCUT2D eigenvalue weighted by Gasteiger charge is 2.14. The van der Waals surface area contributed by atoms with Crippen molar-refractivity contribution in [3.63, 3.8) is 0 Å². The molecule has 3 rings (SSSR count). The monoisotopic (exact) mass is 377 g/mol. The number of benzene rings is 1. The summed E-state index contributed by atoms with van der Waals surface area (Å²) in [7, 11) is -3.24. The summed E-state index contributed by atoms with van der Waals surface area (Å²) in [6.07, 6.45) is 0.0726. The van der Waals surface area contributed by atoms with Gasteiger partial charge in [-0.15, -0.1) is 16.4 Å². The molecule has 0 aliphatic rings. The van der Waals surface area contributed by atoms with Crippen molar-refractivity contribution in [2.24, 2.45) is 0 Å². The number of amides is 1. The van der Waals surface area contributed by atoms with E-state index in [9.17, 15) is 13.2 Å². The molecule has 0 radical (unpaired) electrons. The maximum atomic E-state index is 12.1. The summed E-state index contributed by atoms with van der Waals surface area (Å²) in [6.45, 7) is 1.59. The largest absolute Gasteiger partial charge is 0.402 e. The summed E-state index contributed by atoms with van der Waals surface area (Å²) in [5, 5.41) is 12.1. The molecule has 1 N–H and O–H groups in total. The molecule has 2 aromatic heterocycles. The van der Waals surface area contributed by atoms with E-state index in [4.69, 9.17) is 4.42 Å². The maximum Gasteiger partial charge on any atom is 0.322 e. The van der Waals surface area contributed by atoms with Gasteiger partial charge in [-0.2, -0.15) is 0 Å². The molecule has 3 aromatic rings. The van der Waals surface area contributed by atoms with Crippen LogP contribution in [0.3, 0.4) is 0 Å². The minimum Gasteiger partial charge on any atom is -0.402 e. The fourth-order valence-electron chi connectivity index (χ4n) is 2.10. The third-order valence-electron chi connectivity index (χ3n) is 3.43. The molecule has 0 atom stereocenters. The smallest absolute Gasteiger partial charge is 0.322 e. The fourth-order valence-corrected chi connectivity index (χ4v) is 3.63. The topological polar surface area (TPSA) is 102 Å². The Morgan fingerprint density at radius 1 is 1.20 bits per heavy atom. The van der Waals surface area contributed by atoms with E-state index in [0.29, 0.717) is 11.5 Å². The van der Waals surface area contributed by atoms with Gasteiger partial charge in [-0.3, -0.25) is 10.1 Å². The van der Waals surface area contributed by atoms with Gasteiger partial charge in [0, 0.05) is 0 Å². The second kappa shape index (κ2) is 7.16. The Morgan fingerprint density at radius 2 is 1.96 bits per heavy atom. The van der Waals surface area contributed by atoms with E-state index in [2.05, 4.69) is 15.5 Å². The molecule has 0 unspecified atom stereocenters. The van der Waals surface area contributed by atoms with E-state index in [1.807, 2.05) is 17.5 Å². The van der Waals surface area contributed by atoms with Gasteiger partial charge in [0.2, 0.25) is 5.91 Å². The molecule has 0 aliphatic heterocycles. The van der Waals surface area contributed by atoms with Crippen molar-refractivity contribution in [2.75, 3.05) is 11.1 Å². The first-order chi connectivity index (χ1) is 12.0. The zero-order valence-electron chi connectivity index (χ0n) is 13.3. The Bertz CT molecular complexity index is 961. The number of thiophene rings is 1. The molecule has 0 bridgehead atoms. The van der Waals surface area contributed by atoms with Gasteiger partial charge in [-0.05, 0) is 29.1 Å². The standard InChI is InChI=1S/C16H15N3O4S2/c1-2-25(21,22)12-7-5-11(6-8-12)10-14(20)17-16-19-18-15(23-16)13-4-3-9-24-13/h3-9H,2,10H2,1H3,(H,17,19,20). The number of anilines is 1. The molecule has 1 aromatic carbocycles. The molecule has 0 fully saturated rings. The summed E-state index contributed by atoms with van der Waals surface area (Å²) in [4.78, 5) is 13.1. The summed E-state index contributed by atoms with van der Waals surface area (Å²) in [5.74, 6) is 0.0585. The van der Waals surface area contributed by atoms with Gasteiger partial charge in [-0.25, -0.2) is 8.42 Å². The summed E-state index contributed by atoms with van der Waals surface area (Å²) in [5.41, 5.74) is 0.686. The van der Waals surface area contributed by atoms with Crippen molar-refractivity contribution in [3.8, 4) is 10.8 Å². The van der Waals surface area contributed by atoms with E-state index in [-0.39, 0.29) is 29.0 Å². The van der Waals surface area contributed by atoms with Gasteiger partial charge >= 0.3 is 6.01 Å². The fraction of sp³-hybridized carbons (Fsp3) is 0.188. The van der Waals surface area contributed by atoms with Crippen LogP contribution < -0.4 is 5.32 Å². The van der Waals surface area contributed by atoms with E-state index >= 15 is 0 Å². The first kappa shape index (κ1) is 17.3. The van der Waals surface area contributed by atoms with Crippen molar-refractivity contribution in [1.29, 1.82) is 0 Å². The quantitative estimate of drug-likeness (QED) is 0.709. The minimum atomic E-state index is -3.24. The van der Waals surface area contributed by atoms with Crippen molar-refractivity contribution < 1.29 is 17.6 Å². The van der Waals surface area contributed by atoms with Gasteiger partial charge in [0.15, 0.2) is 9.84 Å². The van der Waals surface area contributed by atoms with Crippen LogP contribution in [0, 0.1) is 0 Å². The number of hydrogen-bond acceptors (Lipinski definition) is 7. The molecule has 0 saturated heterocycles. The van der Waals surface area contributed by atoms with Crippen molar-refractivity contribution in [3.05, 3.63) is 47.3 Å². The maximum absolute atomic E-state index is 12.1. The average Bonchev–Trinajstić information content (AvgIpc) is 3.26. The number of nitrogens with zero attached hydrogens (tertiary/aromatic N) is 2. The van der Waals surface area contributed by atoms with Gasteiger partial charge in [0.25, 0.3) is 5.89 Å². The molecule has 7 nitrogen and oxygen atoms in total. The Labute approximate surface area is 148 Å². The van der Waals surface area contributed by atoms with Gasteiger partial charge < -0.3 is 4.42 Å². The number of hydrogen-bond donors (Lipinski definition) is 1. The number of carbonyl (C=O) groups is 1. The van der Waals surface area contributed by atoms with Crippen LogP contribution in [-0.2, 0) is 21.1 Å². The lowest BCUT2D eigenvalue weighted by Crippen LogP contribution is -2.14. The molecule has 9 heteroatoms. The van der Waals surface area contributed by atoms with Crippen molar-refractivity contribution in [1.82, 2.24) is 10.2 Å². The van der Waals surface area contributed by atoms with Crippen LogP contribution in [0.2, 0.25) is 0 Å². The normalized spacial score (nSPS) is 11.4. The molecule has 0 spiro atoms. The molecular formula is C16H15N3O4S2. The zero-order chi connectivity index (χ0) is 17.9. The van der Waals surface area contributed by atoms with E-state index in [0.717, 1.165) is 4.88 Å². The van der Waals surface area contributed by atoms with Gasteiger partial charge in [0.05, 0.1) is 21.9 Å². The SMILES string of the molecule is CCS(=O)(=O)c1ccc(CC(=O)Nc2nnc(-c3cccs3)o2)cc1. The van der Waals surface area contributed by atoms with Crippen molar-refractivity contribution >= 4 is 33.1 Å². The Kier molecular flexibility index (Phi) is 4.95. The molecule has 0 aliphatic carbocycles. The molecule has 130 valence electrons. The highest BCUT2D eigenvalue weighted by atomic mass is 32.2. The van der Waals surface area contributed by atoms with Crippen LogP contribution in [0.1, 0.15) is 12.5 Å². The molecule has 2 heterocycles. The van der Waals surface area contributed by atoms with Crippen LogP contribution in [0.25, 0.3) is 10.8 Å². The van der Waals surface area contributed by atoms with Crippen LogP contribution in [0.4, 0.5) is 6.01 Å². The van der Waals surface area contributed by atoms with Gasteiger partial charge in [-0.1, -0.05) is 30.2 Å². The van der Waals surface area contributed by atoms with Crippen molar-refractivity contribution in [2.45, 2.75) is 18.2 Å². The number of carbonyl (C=O) groups excluding carboxylic acids is 1. The lowest BCUT2D eigenvalue weighted by Gasteiger charge is -2.04. The minimum absolute atomic E-state index is 0.0265. The summed E-state index contributed by atoms with van der Waals surface area (Å²) in [6, 6.07) is 9.98. The Hall–Kier alpha value is -2.52. The lowest BCUT2D eigenvalue weighted by molar-refractivity contribution is -0.115. The summed E-state index contributed by atoms with van der Waals surface area (Å²) < 4.78 is 28.9. The molecule has 25 heavy (non-hydrogen) atoms. The molecule has 0 saturated carbocycles. The Balaban J connectivity index is 1.63. The number of sulfone groups is 1. The van der Waals surface area contributed by atoms with E-state index in [1.165, 1.54) is 23.5 Å². The second-order valence-electron chi connectivity index (χ2n) is 5.16. The molecular weight excluding hydrogens is 362 g/mol. The Morgan fingerprint density at radius 3 is 2.60 bits per heavy atom. The first-order valence-corrected chi connectivity index (χ1v) is 10.00. The summed E-state index contributed by atoms with van der Waals surface area (Å²) >= 11 is 1.46. The number of nitrogens with one attached hydrogen (secondary N) is 1. The zero-order valence-corrected chi connectivity index (χ0v) is 14.9. The van der Waals surface area contributed by atoms with Crippen LogP contribution in [0.5, 0.6) is 0 Å². The highest BCUT2D eigenvalue weighted by Crippen LogP contribution is 2.24. The number of rotatable bonds is 6. The average molecular weight is 377 g/mol. The highest BCUT2D eigenvalue weighted by molar-refractivity contribution is 7.91. The van der Waals surface area contributed by atoms with Crippen LogP contribution >= 0.6 is 11.3 Å². The van der Waals surface area contributed by atoms with E-state index < -0.39 is 9.84 Å². The third-order valence-corrected chi connectivity index (χ3v) is 6.04. The van der Waals surface area contributed by atoms with Gasteiger partial charge in [0.1, 0.15) is 0 Å². The lowest BCUT2D eigenvalue weighted by atomic mass is 10.1. The third kappa shape index (κ3) is 4.12. The van der Waals surface area contributed by atoms with Crippen LogP contribution in [-0.4, -0.2) is 30.3 Å². The predicted octanol–water partition coefficient (Wildman–Crippen LogP) is 2.77. The molecule has 1 amide bonds. The van der Waals surface area contributed by atoms with Crippen LogP contribution in [0.15, 0.2) is 51.1 Å². The first-order valence-electron chi connectivity index (χ1n) is 7.47. The van der Waals surface area contributed by atoms with E-state index in [1.54, 1.807) is 19.1 Å². The second-order valence-corrected chi connectivity index (χ2v) is 8.39. The predicted molar refractivity (Wildman–Crippen MR) is 94.1 cm³/mol.